The lowest BCUT2D eigenvalue weighted by Gasteiger charge is -2.02. The van der Waals surface area contributed by atoms with Crippen molar-refractivity contribution in [1.82, 2.24) is 0 Å². The Morgan fingerprint density at radius 2 is 1.62 bits per heavy atom. The number of nitrogens with zero attached hydrogens (tertiary/aromatic N) is 1. The van der Waals surface area contributed by atoms with Crippen molar-refractivity contribution >= 4 is 23.6 Å². The van der Waals surface area contributed by atoms with Gasteiger partial charge in [0.2, 0.25) is 0 Å². The molecule has 2 rings (SSSR count). The summed E-state index contributed by atoms with van der Waals surface area (Å²) < 4.78 is 5.36. The molecule has 0 saturated carbocycles. The van der Waals surface area contributed by atoms with E-state index < -0.39 is 0 Å². The van der Waals surface area contributed by atoms with Crippen LogP contribution in [0.4, 0.5) is 0 Å². The molecule has 2 aromatic rings. The predicted molar refractivity (Wildman–Crippen MR) is 88.5 cm³/mol. The zero-order chi connectivity index (χ0) is 14.9. The average molecular weight is 299 g/mol. The summed E-state index contributed by atoms with van der Waals surface area (Å²) in [4.78, 5) is 5.12. The fourth-order valence-electron chi connectivity index (χ4n) is 1.59. The maximum absolute atomic E-state index is 5.95. The number of rotatable bonds is 6. The third-order valence-electron chi connectivity index (χ3n) is 2.61. The van der Waals surface area contributed by atoms with Crippen LogP contribution in [0.2, 0.25) is 0 Å². The summed E-state index contributed by atoms with van der Waals surface area (Å²) >= 11 is 1.26. The molecule has 0 fully saturated rings. The monoisotopic (exact) mass is 299 g/mol. The fourth-order valence-corrected chi connectivity index (χ4v) is 2.10. The van der Waals surface area contributed by atoms with E-state index in [1.165, 1.54) is 12.0 Å². The lowest BCUT2D eigenvalue weighted by molar-refractivity contribution is 0.391. The van der Waals surface area contributed by atoms with Crippen LogP contribution in [0.3, 0.4) is 0 Å². The molecular formula is C16H17N3OS. The van der Waals surface area contributed by atoms with Gasteiger partial charge in [0.05, 0.1) is 0 Å². The van der Waals surface area contributed by atoms with Crippen molar-refractivity contribution in [2.45, 2.75) is 4.90 Å². The van der Waals surface area contributed by atoms with Crippen LogP contribution in [-0.2, 0) is 4.18 Å². The normalized spacial score (nSPS) is 12.4. The van der Waals surface area contributed by atoms with E-state index in [0.717, 1.165) is 10.5 Å². The zero-order valence-corrected chi connectivity index (χ0v) is 12.3. The first-order chi connectivity index (χ1) is 10.3. The summed E-state index contributed by atoms with van der Waals surface area (Å²) in [5.41, 5.74) is 13.2. The first kappa shape index (κ1) is 15.2. The average Bonchev–Trinajstić information content (AvgIpc) is 2.53. The number of aliphatic imine (C=N–C) groups is 1. The van der Waals surface area contributed by atoms with Gasteiger partial charge in [0.15, 0.2) is 6.73 Å². The molecule has 4 N–H and O–H groups in total. The van der Waals surface area contributed by atoms with Gasteiger partial charge in [-0.05, 0) is 17.7 Å². The summed E-state index contributed by atoms with van der Waals surface area (Å²) in [6, 6.07) is 19.4. The molecule has 0 spiro atoms. The highest BCUT2D eigenvalue weighted by atomic mass is 32.2. The maximum atomic E-state index is 5.95. The second kappa shape index (κ2) is 8.14. The Hall–Kier alpha value is -2.24. The molecule has 5 heteroatoms. The second-order valence-corrected chi connectivity index (χ2v) is 5.07. The molecule has 0 saturated heterocycles. The molecule has 0 atom stereocenters. The van der Waals surface area contributed by atoms with Crippen molar-refractivity contribution in [2.75, 3.05) is 6.73 Å². The Balaban J connectivity index is 1.84. The van der Waals surface area contributed by atoms with Crippen molar-refractivity contribution in [3.8, 4) is 0 Å². The minimum absolute atomic E-state index is 0.171. The van der Waals surface area contributed by atoms with Crippen LogP contribution in [0, 0.1) is 0 Å². The minimum Gasteiger partial charge on any atom is -0.398 e. The molecule has 21 heavy (non-hydrogen) atoms. The van der Waals surface area contributed by atoms with Crippen LogP contribution in [0.15, 0.2) is 76.6 Å². The SMILES string of the molecule is N/C(=C\C(N)=N\COSc1ccccc1)c1ccccc1. The lowest BCUT2D eigenvalue weighted by atomic mass is 10.1. The number of hydrogen-bond acceptors (Lipinski definition) is 4. The summed E-state index contributed by atoms with van der Waals surface area (Å²) in [6.45, 7) is 0.171. The number of benzene rings is 2. The fraction of sp³-hybridized carbons (Fsp3) is 0.0625. The summed E-state index contributed by atoms with van der Waals surface area (Å²) in [6.07, 6.45) is 1.63. The van der Waals surface area contributed by atoms with E-state index in [2.05, 4.69) is 4.99 Å². The van der Waals surface area contributed by atoms with E-state index in [9.17, 15) is 0 Å². The summed E-state index contributed by atoms with van der Waals surface area (Å²) in [7, 11) is 0. The Bertz CT molecular complexity index is 612. The van der Waals surface area contributed by atoms with E-state index in [1.807, 2.05) is 60.7 Å². The minimum atomic E-state index is 0.171. The number of nitrogens with two attached hydrogens (primary N) is 2. The second-order valence-electron chi connectivity index (χ2n) is 4.19. The summed E-state index contributed by atoms with van der Waals surface area (Å²) in [5.74, 6) is 0.338. The molecule has 2 aromatic carbocycles. The Morgan fingerprint density at radius 3 is 2.29 bits per heavy atom. The molecule has 0 aromatic heterocycles. The molecule has 0 unspecified atom stereocenters. The van der Waals surface area contributed by atoms with Gasteiger partial charge in [0.1, 0.15) is 5.84 Å². The third-order valence-corrected chi connectivity index (χ3v) is 3.30. The third kappa shape index (κ3) is 5.33. The van der Waals surface area contributed by atoms with Gasteiger partial charge in [0.25, 0.3) is 0 Å². The van der Waals surface area contributed by atoms with Gasteiger partial charge < -0.3 is 11.5 Å². The molecular weight excluding hydrogens is 282 g/mol. The van der Waals surface area contributed by atoms with Crippen molar-refractivity contribution in [2.24, 2.45) is 16.5 Å². The van der Waals surface area contributed by atoms with E-state index in [0.29, 0.717) is 11.5 Å². The van der Waals surface area contributed by atoms with Crippen LogP contribution in [0.1, 0.15) is 5.56 Å². The van der Waals surface area contributed by atoms with Crippen LogP contribution in [0.5, 0.6) is 0 Å². The van der Waals surface area contributed by atoms with Gasteiger partial charge in [-0.3, -0.25) is 4.18 Å². The molecule has 0 radical (unpaired) electrons. The van der Waals surface area contributed by atoms with Crippen molar-refractivity contribution in [3.05, 3.63) is 72.3 Å². The molecule has 0 aliphatic heterocycles. The van der Waals surface area contributed by atoms with Gasteiger partial charge >= 0.3 is 0 Å². The van der Waals surface area contributed by atoms with Crippen LogP contribution < -0.4 is 11.5 Å². The summed E-state index contributed by atoms with van der Waals surface area (Å²) in [5, 5.41) is 0. The van der Waals surface area contributed by atoms with Gasteiger partial charge in [-0.1, -0.05) is 48.5 Å². The first-order valence-electron chi connectivity index (χ1n) is 6.43. The van der Waals surface area contributed by atoms with Gasteiger partial charge in [-0.25, -0.2) is 4.99 Å². The highest BCUT2D eigenvalue weighted by molar-refractivity contribution is 7.94. The molecule has 0 bridgehead atoms. The van der Waals surface area contributed by atoms with Crippen LogP contribution >= 0.6 is 12.0 Å². The largest absolute Gasteiger partial charge is 0.398 e. The quantitative estimate of drug-likeness (QED) is 0.372. The van der Waals surface area contributed by atoms with Crippen LogP contribution in [0.25, 0.3) is 5.70 Å². The molecule has 0 aliphatic rings. The molecule has 108 valence electrons. The first-order valence-corrected chi connectivity index (χ1v) is 7.17. The molecule has 4 nitrogen and oxygen atoms in total. The van der Waals surface area contributed by atoms with E-state index in [4.69, 9.17) is 15.7 Å². The predicted octanol–water partition coefficient (Wildman–Crippen LogP) is 3.02. The molecule has 0 heterocycles. The van der Waals surface area contributed by atoms with E-state index in [-0.39, 0.29) is 6.73 Å². The van der Waals surface area contributed by atoms with Gasteiger partial charge in [-0.15, -0.1) is 0 Å². The maximum Gasteiger partial charge on any atom is 0.154 e. The standard InChI is InChI=1S/C16H17N3OS/c17-15(13-7-3-1-4-8-13)11-16(18)19-12-20-21-14-9-5-2-6-10-14/h1-11H,12,17H2,(H2,18,19)/b15-11-. The van der Waals surface area contributed by atoms with Gasteiger partial charge in [0, 0.05) is 28.7 Å². The van der Waals surface area contributed by atoms with Crippen LogP contribution in [-0.4, -0.2) is 12.6 Å². The Kier molecular flexibility index (Phi) is 5.87. The smallest absolute Gasteiger partial charge is 0.154 e. The van der Waals surface area contributed by atoms with Crippen molar-refractivity contribution in [3.63, 3.8) is 0 Å². The highest BCUT2D eigenvalue weighted by Crippen LogP contribution is 2.17. The highest BCUT2D eigenvalue weighted by Gasteiger charge is 1.96. The van der Waals surface area contributed by atoms with Gasteiger partial charge in [-0.2, -0.15) is 0 Å². The van der Waals surface area contributed by atoms with E-state index in [1.54, 1.807) is 6.08 Å². The molecule has 0 amide bonds. The number of amidine groups is 1. The lowest BCUT2D eigenvalue weighted by Crippen LogP contribution is -2.12. The van der Waals surface area contributed by atoms with Crippen molar-refractivity contribution in [1.29, 1.82) is 0 Å². The van der Waals surface area contributed by atoms with Crippen molar-refractivity contribution < 1.29 is 4.18 Å². The topological polar surface area (TPSA) is 73.6 Å². The zero-order valence-electron chi connectivity index (χ0n) is 11.5. The Morgan fingerprint density at radius 1 is 1.00 bits per heavy atom. The van der Waals surface area contributed by atoms with E-state index >= 15 is 0 Å². The number of hydrogen-bond donors (Lipinski definition) is 2. The Labute approximate surface area is 128 Å². The molecule has 0 aliphatic carbocycles.